The molecule has 92 valence electrons. The maximum absolute atomic E-state index is 10.7. The summed E-state index contributed by atoms with van der Waals surface area (Å²) in [7, 11) is 0. The average molecular weight is 228 g/mol. The second-order valence-electron chi connectivity index (χ2n) is 5.47. The largest absolute Gasteiger partial charge is 0.463 e. The van der Waals surface area contributed by atoms with Crippen LogP contribution in [0.25, 0.3) is 0 Å². The van der Waals surface area contributed by atoms with E-state index in [-0.39, 0.29) is 23.3 Å². The minimum Gasteiger partial charge on any atom is -0.463 e. The van der Waals surface area contributed by atoms with E-state index in [9.17, 15) is 4.79 Å². The Labute approximate surface area is 96.2 Å². The van der Waals surface area contributed by atoms with Gasteiger partial charge in [0.05, 0.1) is 17.3 Å². The molecule has 2 rings (SSSR count). The van der Waals surface area contributed by atoms with Crippen LogP contribution in [0.1, 0.15) is 40.5 Å². The van der Waals surface area contributed by atoms with Gasteiger partial charge in [-0.05, 0) is 33.6 Å². The Kier molecular flexibility index (Phi) is 2.75. The molecule has 4 nitrogen and oxygen atoms in total. The van der Waals surface area contributed by atoms with Crippen LogP contribution in [0.5, 0.6) is 0 Å². The topological polar surface area (TPSA) is 51.4 Å². The van der Waals surface area contributed by atoms with Crippen molar-refractivity contribution >= 4 is 5.97 Å². The fourth-order valence-corrected chi connectivity index (χ4v) is 2.07. The lowest BCUT2D eigenvalue weighted by atomic mass is 9.97. The quantitative estimate of drug-likeness (QED) is 0.530. The molecular formula is C12H20O4. The number of ether oxygens (including phenoxy) is 3. The maximum Gasteiger partial charge on any atom is 0.302 e. The van der Waals surface area contributed by atoms with E-state index in [1.54, 1.807) is 0 Å². The number of esters is 1. The summed E-state index contributed by atoms with van der Waals surface area (Å²) in [6, 6.07) is 0. The Hall–Kier alpha value is -0.610. The van der Waals surface area contributed by atoms with Gasteiger partial charge in [0, 0.05) is 6.92 Å². The van der Waals surface area contributed by atoms with Crippen LogP contribution in [0.4, 0.5) is 0 Å². The van der Waals surface area contributed by atoms with Crippen LogP contribution in [0.2, 0.25) is 0 Å². The Bertz CT molecular complexity index is 299. The van der Waals surface area contributed by atoms with Crippen LogP contribution in [-0.2, 0) is 19.0 Å². The molecule has 2 heterocycles. The van der Waals surface area contributed by atoms with E-state index in [0.29, 0.717) is 12.7 Å². The van der Waals surface area contributed by atoms with E-state index < -0.39 is 0 Å². The highest BCUT2D eigenvalue weighted by atomic mass is 16.6. The highest BCUT2D eigenvalue weighted by Gasteiger charge is 2.55. The Morgan fingerprint density at radius 3 is 2.38 bits per heavy atom. The lowest BCUT2D eigenvalue weighted by molar-refractivity contribution is -0.141. The van der Waals surface area contributed by atoms with Crippen LogP contribution in [0.3, 0.4) is 0 Å². The first kappa shape index (κ1) is 11.9. The molecule has 0 aromatic rings. The minimum absolute atomic E-state index is 0.0522. The third kappa shape index (κ3) is 2.55. The first-order chi connectivity index (χ1) is 7.33. The van der Waals surface area contributed by atoms with Gasteiger partial charge in [0.25, 0.3) is 0 Å². The lowest BCUT2D eigenvalue weighted by Crippen LogP contribution is -2.17. The molecule has 2 fully saturated rings. The number of carbonyl (C=O) groups excluding carboxylic acids is 1. The van der Waals surface area contributed by atoms with Crippen molar-refractivity contribution in [2.75, 3.05) is 6.61 Å². The monoisotopic (exact) mass is 228 g/mol. The molecule has 0 spiro atoms. The molecule has 3 atom stereocenters. The molecular weight excluding hydrogens is 208 g/mol. The second-order valence-corrected chi connectivity index (χ2v) is 5.47. The van der Waals surface area contributed by atoms with Crippen molar-refractivity contribution in [3.8, 4) is 0 Å². The van der Waals surface area contributed by atoms with E-state index >= 15 is 0 Å². The van der Waals surface area contributed by atoms with Gasteiger partial charge in [-0.1, -0.05) is 0 Å². The molecule has 0 radical (unpaired) electrons. The molecule has 0 saturated carbocycles. The number of carbonyl (C=O) groups is 1. The van der Waals surface area contributed by atoms with Gasteiger partial charge in [0.1, 0.15) is 12.7 Å². The molecule has 0 aliphatic carbocycles. The summed E-state index contributed by atoms with van der Waals surface area (Å²) in [6.45, 7) is 8.06. The molecule has 4 heteroatoms. The molecule has 0 aromatic carbocycles. The highest BCUT2D eigenvalue weighted by molar-refractivity contribution is 5.65. The number of epoxide rings is 2. The summed E-state index contributed by atoms with van der Waals surface area (Å²) in [5.74, 6) is -0.246. The van der Waals surface area contributed by atoms with Crippen molar-refractivity contribution < 1.29 is 19.0 Å². The predicted molar refractivity (Wildman–Crippen MR) is 58.1 cm³/mol. The van der Waals surface area contributed by atoms with E-state index in [2.05, 4.69) is 20.8 Å². The molecule has 2 aliphatic heterocycles. The van der Waals surface area contributed by atoms with Crippen LogP contribution >= 0.6 is 0 Å². The van der Waals surface area contributed by atoms with Crippen LogP contribution in [-0.4, -0.2) is 36.0 Å². The van der Waals surface area contributed by atoms with Crippen molar-refractivity contribution in [3.05, 3.63) is 0 Å². The van der Waals surface area contributed by atoms with Crippen molar-refractivity contribution in [3.63, 3.8) is 0 Å². The number of hydrogen-bond acceptors (Lipinski definition) is 4. The first-order valence-electron chi connectivity index (χ1n) is 5.82. The zero-order valence-electron chi connectivity index (χ0n) is 10.4. The molecule has 2 saturated heterocycles. The smallest absolute Gasteiger partial charge is 0.302 e. The zero-order chi connectivity index (χ0) is 12.0. The standard InChI is InChI=1S/C12H20O4/c1-8(13)14-7-10-12(4,16-10)6-5-9-11(2,3)15-9/h9-10H,5-7H2,1-4H3/t9-,10-,12-/m1/s1. The molecule has 0 amide bonds. The van der Waals surface area contributed by atoms with Gasteiger partial charge in [0.2, 0.25) is 0 Å². The Morgan fingerprint density at radius 2 is 1.88 bits per heavy atom. The summed E-state index contributed by atoms with van der Waals surface area (Å²) < 4.78 is 16.0. The van der Waals surface area contributed by atoms with E-state index in [1.165, 1.54) is 6.92 Å². The van der Waals surface area contributed by atoms with Gasteiger partial charge in [0.15, 0.2) is 0 Å². The molecule has 0 aromatic heterocycles. The van der Waals surface area contributed by atoms with E-state index in [0.717, 1.165) is 12.8 Å². The van der Waals surface area contributed by atoms with Crippen LogP contribution in [0, 0.1) is 0 Å². The predicted octanol–water partition coefficient (Wildman–Crippen LogP) is 1.66. The molecule has 0 bridgehead atoms. The van der Waals surface area contributed by atoms with Crippen molar-refractivity contribution in [1.82, 2.24) is 0 Å². The highest BCUT2D eigenvalue weighted by Crippen LogP contribution is 2.45. The van der Waals surface area contributed by atoms with Gasteiger partial charge in [-0.25, -0.2) is 0 Å². The van der Waals surface area contributed by atoms with Gasteiger partial charge in [-0.3, -0.25) is 4.79 Å². The lowest BCUT2D eigenvalue weighted by Gasteiger charge is -2.05. The van der Waals surface area contributed by atoms with Crippen molar-refractivity contribution in [2.24, 2.45) is 0 Å². The third-order valence-electron chi connectivity index (χ3n) is 3.54. The zero-order valence-corrected chi connectivity index (χ0v) is 10.4. The summed E-state index contributed by atoms with van der Waals surface area (Å²) in [4.78, 5) is 10.7. The van der Waals surface area contributed by atoms with Crippen molar-refractivity contribution in [1.29, 1.82) is 0 Å². The summed E-state index contributed by atoms with van der Waals surface area (Å²) in [5, 5.41) is 0. The fourth-order valence-electron chi connectivity index (χ4n) is 2.07. The van der Waals surface area contributed by atoms with Crippen molar-refractivity contribution in [2.45, 2.75) is 63.9 Å². The summed E-state index contributed by atoms with van der Waals surface area (Å²) >= 11 is 0. The molecule has 0 unspecified atom stereocenters. The summed E-state index contributed by atoms with van der Waals surface area (Å²) in [5.41, 5.74) is -0.0614. The van der Waals surface area contributed by atoms with Gasteiger partial charge >= 0.3 is 5.97 Å². The number of hydrogen-bond donors (Lipinski definition) is 0. The summed E-state index contributed by atoms with van der Waals surface area (Å²) in [6.07, 6.45) is 2.41. The molecule has 2 aliphatic rings. The second kappa shape index (κ2) is 3.70. The average Bonchev–Trinajstić information content (AvgIpc) is 2.98. The van der Waals surface area contributed by atoms with Gasteiger partial charge in [-0.2, -0.15) is 0 Å². The number of rotatable bonds is 5. The fraction of sp³-hybridized carbons (Fsp3) is 0.917. The SMILES string of the molecule is CC(=O)OC[C@H]1O[C@]1(C)CC[C@H]1OC1(C)C. The van der Waals surface area contributed by atoms with Crippen LogP contribution < -0.4 is 0 Å². The Morgan fingerprint density at radius 1 is 1.25 bits per heavy atom. The molecule has 0 N–H and O–H groups in total. The van der Waals surface area contributed by atoms with E-state index in [4.69, 9.17) is 14.2 Å². The third-order valence-corrected chi connectivity index (χ3v) is 3.54. The van der Waals surface area contributed by atoms with Gasteiger partial charge in [-0.15, -0.1) is 0 Å². The normalized spacial score (nSPS) is 39.2. The maximum atomic E-state index is 10.7. The van der Waals surface area contributed by atoms with E-state index in [1.807, 2.05) is 0 Å². The van der Waals surface area contributed by atoms with Crippen LogP contribution in [0.15, 0.2) is 0 Å². The Balaban J connectivity index is 1.65. The minimum atomic E-state index is -0.246. The van der Waals surface area contributed by atoms with Gasteiger partial charge < -0.3 is 14.2 Å². The first-order valence-corrected chi connectivity index (χ1v) is 5.82. The molecule has 16 heavy (non-hydrogen) atoms.